The molecule has 6 nitrogen and oxygen atoms in total. The van der Waals surface area contributed by atoms with E-state index < -0.39 is 17.7 Å². The lowest BCUT2D eigenvalue weighted by Gasteiger charge is -2.26. The van der Waals surface area contributed by atoms with Crippen LogP contribution in [-0.4, -0.2) is 31.0 Å². The quantitative estimate of drug-likeness (QED) is 0.299. The zero-order valence-electron chi connectivity index (χ0n) is 20.8. The second kappa shape index (κ2) is 9.29. The molecule has 1 amide bonds. The minimum absolute atomic E-state index is 0.0155. The predicted octanol–water partition coefficient (Wildman–Crippen LogP) is 5.56. The van der Waals surface area contributed by atoms with Gasteiger partial charge in [-0.05, 0) is 85.8 Å². The van der Waals surface area contributed by atoms with E-state index in [9.17, 15) is 14.7 Å². The fourth-order valence-corrected chi connectivity index (χ4v) is 4.62. The van der Waals surface area contributed by atoms with E-state index >= 15 is 0 Å². The summed E-state index contributed by atoms with van der Waals surface area (Å²) in [6.45, 7) is 7.72. The van der Waals surface area contributed by atoms with Crippen LogP contribution in [0.3, 0.4) is 0 Å². The number of benzene rings is 3. The number of methoxy groups -OCH3 is 2. The number of ketones is 1. The molecule has 4 rings (SSSR count). The molecule has 0 radical (unpaired) electrons. The molecular formula is C29H29NO5. The first-order valence-corrected chi connectivity index (χ1v) is 11.4. The van der Waals surface area contributed by atoms with Crippen LogP contribution < -0.4 is 14.4 Å². The molecule has 0 aliphatic carbocycles. The molecule has 1 saturated heterocycles. The monoisotopic (exact) mass is 471 g/mol. The largest absolute Gasteiger partial charge is 0.507 e. The zero-order valence-corrected chi connectivity index (χ0v) is 20.8. The predicted molar refractivity (Wildman–Crippen MR) is 136 cm³/mol. The number of hydrogen-bond acceptors (Lipinski definition) is 5. The van der Waals surface area contributed by atoms with Crippen molar-refractivity contribution in [2.45, 2.75) is 33.7 Å². The van der Waals surface area contributed by atoms with Crippen LogP contribution in [0.2, 0.25) is 0 Å². The lowest BCUT2D eigenvalue weighted by molar-refractivity contribution is -0.132. The Morgan fingerprint density at radius 3 is 2.11 bits per heavy atom. The summed E-state index contributed by atoms with van der Waals surface area (Å²) in [6, 6.07) is 15.6. The summed E-state index contributed by atoms with van der Waals surface area (Å²) in [6.07, 6.45) is 0. The number of carbonyl (C=O) groups is 2. The normalized spacial score (nSPS) is 17.1. The molecule has 1 aliphatic rings. The molecule has 1 unspecified atom stereocenters. The first-order chi connectivity index (χ1) is 16.7. The third-order valence-electron chi connectivity index (χ3n) is 6.52. The van der Waals surface area contributed by atoms with E-state index in [1.807, 2.05) is 52.0 Å². The molecule has 1 heterocycles. The third-order valence-corrected chi connectivity index (χ3v) is 6.52. The summed E-state index contributed by atoms with van der Waals surface area (Å²) < 4.78 is 10.9. The molecule has 1 N–H and O–H groups in total. The Kier molecular flexibility index (Phi) is 6.39. The van der Waals surface area contributed by atoms with Gasteiger partial charge in [-0.25, -0.2) is 0 Å². The fourth-order valence-electron chi connectivity index (χ4n) is 4.62. The summed E-state index contributed by atoms with van der Waals surface area (Å²) in [7, 11) is 3.09. The number of Topliss-reactive ketones (excluding diaryl/α,β-unsaturated/α-hetero) is 1. The lowest BCUT2D eigenvalue weighted by atomic mass is 9.93. The Morgan fingerprint density at radius 1 is 0.829 bits per heavy atom. The van der Waals surface area contributed by atoms with Crippen molar-refractivity contribution < 1.29 is 24.2 Å². The number of aryl methyl sites for hydroxylation is 4. The maximum atomic E-state index is 13.5. The zero-order chi connectivity index (χ0) is 25.4. The highest BCUT2D eigenvalue weighted by Gasteiger charge is 2.47. The van der Waals surface area contributed by atoms with Gasteiger partial charge in [0.05, 0.1) is 31.4 Å². The Hall–Kier alpha value is -4.06. The van der Waals surface area contributed by atoms with E-state index in [0.29, 0.717) is 28.3 Å². The van der Waals surface area contributed by atoms with Gasteiger partial charge >= 0.3 is 0 Å². The van der Waals surface area contributed by atoms with Crippen molar-refractivity contribution in [3.05, 3.63) is 93.6 Å². The van der Waals surface area contributed by atoms with Crippen LogP contribution in [0.1, 0.15) is 39.4 Å². The van der Waals surface area contributed by atoms with Gasteiger partial charge in [-0.2, -0.15) is 0 Å². The molecule has 0 spiro atoms. The van der Waals surface area contributed by atoms with Gasteiger partial charge in [-0.3, -0.25) is 14.5 Å². The average Bonchev–Trinajstić information content (AvgIpc) is 3.10. The van der Waals surface area contributed by atoms with E-state index in [2.05, 4.69) is 0 Å². The van der Waals surface area contributed by atoms with Crippen molar-refractivity contribution in [3.63, 3.8) is 0 Å². The average molecular weight is 472 g/mol. The van der Waals surface area contributed by atoms with Crippen LogP contribution in [0, 0.1) is 27.7 Å². The topological polar surface area (TPSA) is 76.1 Å². The summed E-state index contributed by atoms with van der Waals surface area (Å²) in [5, 5.41) is 11.5. The number of amides is 1. The molecule has 1 fully saturated rings. The Bertz CT molecular complexity index is 1350. The van der Waals surface area contributed by atoms with Gasteiger partial charge in [-0.1, -0.05) is 24.3 Å². The van der Waals surface area contributed by atoms with Crippen molar-refractivity contribution in [1.29, 1.82) is 0 Å². The van der Waals surface area contributed by atoms with Crippen LogP contribution in [0.15, 0.2) is 60.2 Å². The summed E-state index contributed by atoms with van der Waals surface area (Å²) in [4.78, 5) is 28.3. The van der Waals surface area contributed by atoms with Crippen molar-refractivity contribution >= 4 is 23.1 Å². The molecule has 3 aromatic rings. The number of ether oxygens (including phenoxy) is 2. The molecule has 35 heavy (non-hydrogen) atoms. The van der Waals surface area contributed by atoms with Crippen LogP contribution in [0.25, 0.3) is 5.76 Å². The number of carbonyl (C=O) groups excluding carboxylic acids is 2. The standard InChI is InChI=1S/C29H29NO5/c1-16-13-19(4)28(35-6)23(14-16)26(31)24-25(20-8-11-22(34-5)12-9-20)30(29(33)27(24)32)21-10-7-17(2)18(3)15-21/h7-15,25,31H,1-6H3/b26-24+. The highest BCUT2D eigenvalue weighted by molar-refractivity contribution is 6.51. The van der Waals surface area contributed by atoms with Gasteiger partial charge in [0.2, 0.25) is 0 Å². The summed E-state index contributed by atoms with van der Waals surface area (Å²) in [5.74, 6) is -0.604. The Morgan fingerprint density at radius 2 is 1.51 bits per heavy atom. The van der Waals surface area contributed by atoms with Gasteiger partial charge in [0.15, 0.2) is 0 Å². The van der Waals surface area contributed by atoms with Gasteiger partial charge in [0.25, 0.3) is 11.7 Å². The minimum Gasteiger partial charge on any atom is -0.507 e. The fraction of sp³-hybridized carbons (Fsp3) is 0.241. The van der Waals surface area contributed by atoms with Gasteiger partial charge in [0.1, 0.15) is 17.3 Å². The van der Waals surface area contributed by atoms with Crippen molar-refractivity contribution in [1.82, 2.24) is 0 Å². The highest BCUT2D eigenvalue weighted by atomic mass is 16.5. The van der Waals surface area contributed by atoms with E-state index in [-0.39, 0.29) is 11.3 Å². The molecule has 1 aliphatic heterocycles. The second-order valence-electron chi connectivity index (χ2n) is 8.87. The van der Waals surface area contributed by atoms with E-state index in [4.69, 9.17) is 9.47 Å². The molecule has 0 bridgehead atoms. The lowest BCUT2D eigenvalue weighted by Crippen LogP contribution is -2.29. The van der Waals surface area contributed by atoms with Gasteiger partial charge < -0.3 is 14.6 Å². The molecule has 180 valence electrons. The smallest absolute Gasteiger partial charge is 0.300 e. The number of hydrogen-bond donors (Lipinski definition) is 1. The summed E-state index contributed by atoms with van der Waals surface area (Å²) in [5.41, 5.74) is 5.44. The molecule has 1 atom stereocenters. The van der Waals surface area contributed by atoms with E-state index in [0.717, 1.165) is 22.3 Å². The molecule has 0 saturated carbocycles. The van der Waals surface area contributed by atoms with Crippen LogP contribution in [-0.2, 0) is 9.59 Å². The van der Waals surface area contributed by atoms with Crippen molar-refractivity contribution in [3.8, 4) is 11.5 Å². The van der Waals surface area contributed by atoms with Gasteiger partial charge in [0, 0.05) is 5.69 Å². The molecule has 3 aromatic carbocycles. The van der Waals surface area contributed by atoms with E-state index in [1.165, 1.54) is 12.0 Å². The van der Waals surface area contributed by atoms with Crippen molar-refractivity contribution in [2.75, 3.05) is 19.1 Å². The first kappa shape index (κ1) is 24.1. The number of aliphatic hydroxyl groups excluding tert-OH is 1. The van der Waals surface area contributed by atoms with E-state index in [1.54, 1.807) is 37.4 Å². The highest BCUT2D eigenvalue weighted by Crippen LogP contribution is 2.44. The second-order valence-corrected chi connectivity index (χ2v) is 8.87. The number of aliphatic hydroxyl groups is 1. The maximum Gasteiger partial charge on any atom is 0.300 e. The Labute approximate surface area is 205 Å². The first-order valence-electron chi connectivity index (χ1n) is 11.4. The summed E-state index contributed by atoms with van der Waals surface area (Å²) >= 11 is 0. The number of nitrogens with zero attached hydrogens (tertiary/aromatic N) is 1. The molecule has 6 heteroatoms. The van der Waals surface area contributed by atoms with Crippen molar-refractivity contribution in [2.24, 2.45) is 0 Å². The molecular weight excluding hydrogens is 442 g/mol. The number of rotatable bonds is 5. The molecule has 0 aromatic heterocycles. The SMILES string of the molecule is COc1ccc(C2/C(=C(\O)c3cc(C)cc(C)c3OC)C(=O)C(=O)N2c2ccc(C)c(C)c2)cc1. The van der Waals surface area contributed by atoms with Crippen LogP contribution in [0.5, 0.6) is 11.5 Å². The maximum absolute atomic E-state index is 13.5. The Balaban J connectivity index is 2.00. The van der Waals surface area contributed by atoms with Gasteiger partial charge in [-0.15, -0.1) is 0 Å². The van der Waals surface area contributed by atoms with Crippen LogP contribution >= 0.6 is 0 Å². The third kappa shape index (κ3) is 4.16. The number of anilines is 1. The minimum atomic E-state index is -0.825. The van der Waals surface area contributed by atoms with Crippen LogP contribution in [0.4, 0.5) is 5.69 Å².